The molecule has 2 rings (SSSR count). The molecular weight excluding hydrogens is 322 g/mol. The fourth-order valence-corrected chi connectivity index (χ4v) is 4.09. The molecule has 0 aromatic heterocycles. The van der Waals surface area contributed by atoms with E-state index in [2.05, 4.69) is 15.9 Å². The van der Waals surface area contributed by atoms with Crippen molar-refractivity contribution in [3.8, 4) is 0 Å². The van der Waals surface area contributed by atoms with Gasteiger partial charge in [0.2, 0.25) is 10.0 Å². The molecule has 18 heavy (non-hydrogen) atoms. The maximum absolute atomic E-state index is 12.3. The quantitative estimate of drug-likeness (QED) is 0.915. The maximum Gasteiger partial charge on any atom is 0.335 e. The third-order valence-corrected chi connectivity index (χ3v) is 5.82. The molecule has 1 fully saturated rings. The second-order valence-corrected chi connectivity index (χ2v) is 6.90. The van der Waals surface area contributed by atoms with Crippen molar-refractivity contribution in [1.29, 1.82) is 0 Å². The summed E-state index contributed by atoms with van der Waals surface area (Å²) in [5.74, 6) is -1.14. The standard InChI is InChI=1S/C11H12BrNO4S/c1-7-9(12)5-8(11(14)15)6-10(7)18(16,17)13-3-2-4-13/h5-6H,2-4H2,1H3,(H,14,15). The fourth-order valence-electron chi connectivity index (χ4n) is 1.71. The molecule has 0 atom stereocenters. The first kappa shape index (κ1) is 13.5. The second kappa shape index (κ2) is 4.64. The molecule has 1 aromatic rings. The van der Waals surface area contributed by atoms with Crippen molar-refractivity contribution in [2.45, 2.75) is 18.2 Å². The molecule has 7 heteroatoms. The number of carbonyl (C=O) groups is 1. The number of sulfonamides is 1. The number of hydrogen-bond acceptors (Lipinski definition) is 3. The van der Waals surface area contributed by atoms with Crippen molar-refractivity contribution in [2.24, 2.45) is 0 Å². The van der Waals surface area contributed by atoms with Gasteiger partial charge in [0, 0.05) is 17.6 Å². The number of carboxylic acid groups (broad SMARTS) is 1. The zero-order valence-electron chi connectivity index (χ0n) is 9.68. The molecule has 1 aliphatic heterocycles. The third-order valence-electron chi connectivity index (χ3n) is 2.98. The number of halogens is 1. The van der Waals surface area contributed by atoms with Crippen LogP contribution in [0.4, 0.5) is 0 Å². The summed E-state index contributed by atoms with van der Waals surface area (Å²) in [6.45, 7) is 2.65. The fraction of sp³-hybridized carbons (Fsp3) is 0.364. The molecule has 1 saturated heterocycles. The molecule has 1 aliphatic rings. The number of benzene rings is 1. The first-order valence-corrected chi connectivity index (χ1v) is 7.61. The number of rotatable bonds is 3. The zero-order valence-corrected chi connectivity index (χ0v) is 12.1. The Kier molecular flexibility index (Phi) is 3.48. The molecule has 0 bridgehead atoms. The van der Waals surface area contributed by atoms with Gasteiger partial charge in [-0.25, -0.2) is 13.2 Å². The van der Waals surface area contributed by atoms with Gasteiger partial charge in [-0.05, 0) is 31.0 Å². The summed E-state index contributed by atoms with van der Waals surface area (Å²) < 4.78 is 26.4. The normalized spacial score (nSPS) is 16.3. The molecule has 98 valence electrons. The van der Waals surface area contributed by atoms with Crippen LogP contribution in [0.25, 0.3) is 0 Å². The second-order valence-electron chi connectivity index (χ2n) is 4.14. The van der Waals surface area contributed by atoms with E-state index in [1.165, 1.54) is 16.4 Å². The summed E-state index contributed by atoms with van der Waals surface area (Å²) >= 11 is 3.20. The van der Waals surface area contributed by atoms with Crippen LogP contribution >= 0.6 is 15.9 Å². The van der Waals surface area contributed by atoms with Gasteiger partial charge in [0.05, 0.1) is 10.5 Å². The van der Waals surface area contributed by atoms with Gasteiger partial charge in [0.1, 0.15) is 0 Å². The Bertz CT molecular complexity index is 608. The SMILES string of the molecule is Cc1c(Br)cc(C(=O)O)cc1S(=O)(=O)N1CCC1. The van der Waals surface area contributed by atoms with E-state index >= 15 is 0 Å². The Morgan fingerprint density at radius 3 is 2.44 bits per heavy atom. The largest absolute Gasteiger partial charge is 0.478 e. The van der Waals surface area contributed by atoms with Gasteiger partial charge >= 0.3 is 5.97 Å². The Hall–Kier alpha value is -0.920. The van der Waals surface area contributed by atoms with Crippen molar-refractivity contribution in [2.75, 3.05) is 13.1 Å². The number of aromatic carboxylic acids is 1. The summed E-state index contributed by atoms with van der Waals surface area (Å²) in [5, 5.41) is 8.97. The monoisotopic (exact) mass is 333 g/mol. The molecule has 0 amide bonds. The predicted octanol–water partition coefficient (Wildman–Crippen LogP) is 1.85. The number of nitrogens with zero attached hydrogens (tertiary/aromatic N) is 1. The van der Waals surface area contributed by atoms with Crippen LogP contribution in [0.3, 0.4) is 0 Å². The summed E-state index contributed by atoms with van der Waals surface area (Å²) in [7, 11) is -3.57. The van der Waals surface area contributed by atoms with Crippen LogP contribution in [0.2, 0.25) is 0 Å². The first-order valence-electron chi connectivity index (χ1n) is 5.37. The average Bonchev–Trinajstić information content (AvgIpc) is 2.17. The molecule has 0 saturated carbocycles. The first-order chi connectivity index (χ1) is 8.34. The van der Waals surface area contributed by atoms with Crippen LogP contribution < -0.4 is 0 Å². The minimum absolute atomic E-state index is 0.0356. The lowest BCUT2D eigenvalue weighted by Gasteiger charge is -2.30. The number of carboxylic acids is 1. The van der Waals surface area contributed by atoms with E-state index in [1.807, 2.05) is 0 Å². The molecule has 1 heterocycles. The third kappa shape index (κ3) is 2.17. The summed E-state index contributed by atoms with van der Waals surface area (Å²) in [6, 6.07) is 2.63. The van der Waals surface area contributed by atoms with Crippen molar-refractivity contribution < 1.29 is 18.3 Å². The lowest BCUT2D eigenvalue weighted by atomic mass is 10.1. The Balaban J connectivity index is 2.59. The van der Waals surface area contributed by atoms with E-state index in [9.17, 15) is 13.2 Å². The van der Waals surface area contributed by atoms with Gasteiger partial charge in [-0.15, -0.1) is 0 Å². The smallest absolute Gasteiger partial charge is 0.335 e. The molecular formula is C11H12BrNO4S. The maximum atomic E-state index is 12.3. The van der Waals surface area contributed by atoms with Crippen LogP contribution in [0, 0.1) is 6.92 Å². The van der Waals surface area contributed by atoms with Gasteiger partial charge < -0.3 is 5.11 Å². The van der Waals surface area contributed by atoms with E-state index in [-0.39, 0.29) is 10.5 Å². The van der Waals surface area contributed by atoms with Gasteiger partial charge in [-0.2, -0.15) is 4.31 Å². The van der Waals surface area contributed by atoms with Crippen LogP contribution in [0.1, 0.15) is 22.3 Å². The highest BCUT2D eigenvalue weighted by Gasteiger charge is 2.31. The van der Waals surface area contributed by atoms with Crippen molar-refractivity contribution in [3.05, 3.63) is 27.7 Å². The summed E-state index contributed by atoms with van der Waals surface area (Å²) in [4.78, 5) is 11.0. The van der Waals surface area contributed by atoms with Crippen LogP contribution in [0.15, 0.2) is 21.5 Å². The van der Waals surface area contributed by atoms with Crippen LogP contribution in [0.5, 0.6) is 0 Å². The topological polar surface area (TPSA) is 74.7 Å². The summed E-state index contributed by atoms with van der Waals surface area (Å²) in [5.41, 5.74) is 0.499. The van der Waals surface area contributed by atoms with Gasteiger partial charge in [0.25, 0.3) is 0 Å². The lowest BCUT2D eigenvalue weighted by molar-refractivity contribution is 0.0696. The molecule has 0 aliphatic carbocycles. The highest BCUT2D eigenvalue weighted by atomic mass is 79.9. The van der Waals surface area contributed by atoms with Gasteiger partial charge in [-0.1, -0.05) is 15.9 Å². The number of hydrogen-bond donors (Lipinski definition) is 1. The molecule has 1 N–H and O–H groups in total. The average molecular weight is 334 g/mol. The van der Waals surface area contributed by atoms with E-state index in [1.54, 1.807) is 6.92 Å². The lowest BCUT2D eigenvalue weighted by Crippen LogP contribution is -2.42. The molecule has 1 aromatic carbocycles. The van der Waals surface area contributed by atoms with Crippen LogP contribution in [-0.4, -0.2) is 36.9 Å². The molecule has 5 nitrogen and oxygen atoms in total. The minimum atomic E-state index is -3.57. The van der Waals surface area contributed by atoms with Crippen molar-refractivity contribution in [3.63, 3.8) is 0 Å². The Morgan fingerprint density at radius 2 is 2.00 bits per heavy atom. The molecule has 0 unspecified atom stereocenters. The highest BCUT2D eigenvalue weighted by Crippen LogP contribution is 2.29. The summed E-state index contributed by atoms with van der Waals surface area (Å²) in [6.07, 6.45) is 0.845. The highest BCUT2D eigenvalue weighted by molar-refractivity contribution is 9.10. The van der Waals surface area contributed by atoms with E-state index < -0.39 is 16.0 Å². The van der Waals surface area contributed by atoms with Gasteiger partial charge in [-0.3, -0.25) is 0 Å². The van der Waals surface area contributed by atoms with E-state index in [4.69, 9.17) is 5.11 Å². The van der Waals surface area contributed by atoms with Crippen molar-refractivity contribution in [1.82, 2.24) is 4.31 Å². The van der Waals surface area contributed by atoms with E-state index in [0.29, 0.717) is 23.1 Å². The molecule has 0 spiro atoms. The van der Waals surface area contributed by atoms with Crippen LogP contribution in [-0.2, 0) is 10.0 Å². The molecule has 0 radical (unpaired) electrons. The minimum Gasteiger partial charge on any atom is -0.478 e. The predicted molar refractivity (Wildman–Crippen MR) is 69.2 cm³/mol. The zero-order chi connectivity index (χ0) is 13.5. The van der Waals surface area contributed by atoms with Gasteiger partial charge in [0.15, 0.2) is 0 Å². The van der Waals surface area contributed by atoms with Crippen molar-refractivity contribution >= 4 is 31.9 Å². The Morgan fingerprint density at radius 1 is 1.39 bits per heavy atom. The van der Waals surface area contributed by atoms with E-state index in [0.717, 1.165) is 6.42 Å². The Labute approximate surface area is 114 Å².